The van der Waals surface area contributed by atoms with Crippen LogP contribution in [0, 0.1) is 5.92 Å². The lowest BCUT2D eigenvalue weighted by atomic mass is 9.87. The summed E-state index contributed by atoms with van der Waals surface area (Å²) in [6.45, 7) is 4.76. The van der Waals surface area contributed by atoms with E-state index in [9.17, 15) is 9.59 Å². The number of carbonyl (C=O) groups excluding carboxylic acids is 2. The number of carbonyl (C=O) groups is 2. The number of thiophene rings is 1. The summed E-state index contributed by atoms with van der Waals surface area (Å²) in [5.74, 6) is 1.38. The highest BCUT2D eigenvalue weighted by molar-refractivity contribution is 7.99. The van der Waals surface area contributed by atoms with Crippen molar-refractivity contribution in [2.45, 2.75) is 51.1 Å². The Hall–Kier alpha value is -1.87. The molecule has 0 bridgehead atoms. The molecule has 0 fully saturated rings. The van der Waals surface area contributed by atoms with Gasteiger partial charge >= 0.3 is 6.03 Å². The lowest BCUT2D eigenvalue weighted by molar-refractivity contribution is -0.117. The predicted molar refractivity (Wildman–Crippen MR) is 113 cm³/mol. The average Bonchev–Trinajstić information content (AvgIpc) is 3.26. The van der Waals surface area contributed by atoms with Crippen LogP contribution in [0.5, 0.6) is 0 Å². The quantitative estimate of drug-likeness (QED) is 0.669. The molecule has 3 rings (SSSR count). The first-order chi connectivity index (χ1) is 13.5. The van der Waals surface area contributed by atoms with Crippen LogP contribution in [-0.4, -0.2) is 39.0 Å². The van der Waals surface area contributed by atoms with Crippen molar-refractivity contribution in [2.24, 2.45) is 13.0 Å². The maximum Gasteiger partial charge on any atom is 0.321 e. The Labute approximate surface area is 173 Å². The Morgan fingerprint density at radius 1 is 1.36 bits per heavy atom. The van der Waals surface area contributed by atoms with Crippen molar-refractivity contribution in [2.75, 3.05) is 12.3 Å². The number of aromatic nitrogens is 3. The summed E-state index contributed by atoms with van der Waals surface area (Å²) in [6.07, 6.45) is 5.63. The molecule has 28 heavy (non-hydrogen) atoms. The minimum Gasteiger partial charge on any atom is -0.338 e. The van der Waals surface area contributed by atoms with Crippen LogP contribution >= 0.6 is 23.1 Å². The van der Waals surface area contributed by atoms with E-state index < -0.39 is 6.03 Å². The number of hydrogen-bond acceptors (Lipinski definition) is 6. The Bertz CT molecular complexity index is 845. The van der Waals surface area contributed by atoms with Crippen molar-refractivity contribution >= 4 is 35.0 Å². The highest BCUT2D eigenvalue weighted by Crippen LogP contribution is 2.37. The fourth-order valence-electron chi connectivity index (χ4n) is 3.29. The molecule has 2 aromatic rings. The smallest absolute Gasteiger partial charge is 0.321 e. The molecule has 3 amide bonds. The Morgan fingerprint density at radius 3 is 2.93 bits per heavy atom. The van der Waals surface area contributed by atoms with Crippen molar-refractivity contribution in [1.82, 2.24) is 25.4 Å². The minimum absolute atomic E-state index is 0.116. The van der Waals surface area contributed by atoms with Crippen LogP contribution in [0.25, 0.3) is 10.7 Å². The monoisotopic (exact) mass is 421 g/mol. The molecule has 1 unspecified atom stereocenters. The van der Waals surface area contributed by atoms with E-state index in [1.54, 1.807) is 11.3 Å². The summed E-state index contributed by atoms with van der Waals surface area (Å²) in [6, 6.07) is 1.80. The third-order valence-electron chi connectivity index (χ3n) is 4.94. The van der Waals surface area contributed by atoms with E-state index in [1.807, 2.05) is 18.5 Å². The molecule has 152 valence electrons. The number of thioether (sulfide) groups is 1. The van der Waals surface area contributed by atoms with Gasteiger partial charge in [0, 0.05) is 18.5 Å². The Morgan fingerprint density at radius 2 is 2.18 bits per heavy atom. The van der Waals surface area contributed by atoms with Gasteiger partial charge in [0.2, 0.25) is 5.91 Å². The van der Waals surface area contributed by atoms with Crippen molar-refractivity contribution in [1.29, 1.82) is 0 Å². The fourth-order valence-corrected chi connectivity index (χ4v) is 5.23. The van der Waals surface area contributed by atoms with E-state index in [1.165, 1.54) is 35.0 Å². The zero-order valence-electron chi connectivity index (χ0n) is 16.6. The number of amides is 3. The molecule has 0 saturated carbocycles. The second kappa shape index (κ2) is 9.56. The van der Waals surface area contributed by atoms with Gasteiger partial charge in [-0.1, -0.05) is 32.0 Å². The van der Waals surface area contributed by atoms with Crippen LogP contribution < -0.4 is 10.6 Å². The van der Waals surface area contributed by atoms with E-state index in [0.717, 1.165) is 35.9 Å². The third-order valence-corrected chi connectivity index (χ3v) is 7.19. The largest absolute Gasteiger partial charge is 0.338 e. The van der Waals surface area contributed by atoms with Crippen molar-refractivity contribution in [3.05, 3.63) is 16.5 Å². The summed E-state index contributed by atoms with van der Waals surface area (Å²) >= 11 is 3.08. The molecule has 9 heteroatoms. The Kier molecular flexibility index (Phi) is 7.12. The van der Waals surface area contributed by atoms with Gasteiger partial charge in [-0.25, -0.2) is 4.79 Å². The summed E-state index contributed by atoms with van der Waals surface area (Å²) in [4.78, 5) is 26.1. The van der Waals surface area contributed by atoms with Crippen LogP contribution in [0.4, 0.5) is 4.79 Å². The van der Waals surface area contributed by atoms with Crippen molar-refractivity contribution in [3.63, 3.8) is 0 Å². The standard InChI is InChI=1S/C19H27N5O2S2/c1-4-8-20-18(26)21-16(25)11-27-19-23-22-17(24(19)3)15-10-13-9-12(5-2)6-7-14(13)28-15/h10,12H,4-9,11H2,1-3H3,(H2,20,21,25,26). The number of aryl methyl sites for hydroxylation is 1. The van der Waals surface area contributed by atoms with Gasteiger partial charge in [0.25, 0.3) is 0 Å². The first-order valence-electron chi connectivity index (χ1n) is 9.73. The number of urea groups is 1. The molecule has 2 N–H and O–H groups in total. The first kappa shape index (κ1) is 20.9. The predicted octanol–water partition coefficient (Wildman–Crippen LogP) is 3.39. The number of nitrogens with one attached hydrogen (secondary N) is 2. The summed E-state index contributed by atoms with van der Waals surface area (Å²) < 4.78 is 1.92. The van der Waals surface area contributed by atoms with Crippen molar-refractivity contribution < 1.29 is 9.59 Å². The van der Waals surface area contributed by atoms with E-state index >= 15 is 0 Å². The third kappa shape index (κ3) is 4.94. The zero-order chi connectivity index (χ0) is 20.1. The van der Waals surface area contributed by atoms with Crippen LogP contribution in [-0.2, 0) is 24.7 Å². The SMILES string of the molecule is CCCNC(=O)NC(=O)CSc1nnc(-c2cc3c(s2)CCC(CC)C3)n1C. The molecule has 0 saturated heterocycles. The van der Waals surface area contributed by atoms with E-state index in [0.29, 0.717) is 11.7 Å². The molecule has 7 nitrogen and oxygen atoms in total. The van der Waals surface area contributed by atoms with E-state index in [-0.39, 0.29) is 11.7 Å². The summed E-state index contributed by atoms with van der Waals surface area (Å²) in [7, 11) is 1.91. The van der Waals surface area contributed by atoms with Gasteiger partial charge in [-0.05, 0) is 43.2 Å². The molecule has 2 aromatic heterocycles. The van der Waals surface area contributed by atoms with Crippen molar-refractivity contribution in [3.8, 4) is 10.7 Å². The maximum absolute atomic E-state index is 11.9. The van der Waals surface area contributed by atoms with Gasteiger partial charge in [-0.2, -0.15) is 0 Å². The highest BCUT2D eigenvalue weighted by Gasteiger charge is 2.22. The lowest BCUT2D eigenvalue weighted by Gasteiger charge is -2.19. The van der Waals surface area contributed by atoms with Gasteiger partial charge in [0.05, 0.1) is 10.6 Å². The molecule has 0 spiro atoms. The van der Waals surface area contributed by atoms with Crippen LogP contribution in [0.2, 0.25) is 0 Å². The molecule has 0 radical (unpaired) electrons. The number of fused-ring (bicyclic) bond motifs is 1. The summed E-state index contributed by atoms with van der Waals surface area (Å²) in [5, 5.41) is 14.2. The number of rotatable bonds is 7. The molecule has 2 heterocycles. The van der Waals surface area contributed by atoms with E-state index in [2.05, 4.69) is 33.8 Å². The second-order valence-electron chi connectivity index (χ2n) is 7.03. The zero-order valence-corrected chi connectivity index (χ0v) is 18.2. The number of imide groups is 1. The number of hydrogen-bond donors (Lipinski definition) is 2. The molecule has 0 aromatic carbocycles. The maximum atomic E-state index is 11.9. The first-order valence-corrected chi connectivity index (χ1v) is 11.5. The topological polar surface area (TPSA) is 88.9 Å². The molecular weight excluding hydrogens is 394 g/mol. The molecule has 1 aliphatic rings. The van der Waals surface area contributed by atoms with Gasteiger partial charge in [0.1, 0.15) is 0 Å². The average molecular weight is 422 g/mol. The molecule has 1 aliphatic carbocycles. The molecule has 0 aliphatic heterocycles. The second-order valence-corrected chi connectivity index (χ2v) is 9.11. The van der Waals surface area contributed by atoms with E-state index in [4.69, 9.17) is 0 Å². The molecular formula is C19H27N5O2S2. The summed E-state index contributed by atoms with van der Waals surface area (Å²) in [5.41, 5.74) is 1.45. The van der Waals surface area contributed by atoms with Crippen LogP contribution in [0.15, 0.2) is 11.2 Å². The minimum atomic E-state index is -0.458. The van der Waals surface area contributed by atoms with Gasteiger partial charge in [-0.15, -0.1) is 21.5 Å². The number of nitrogens with zero attached hydrogens (tertiary/aromatic N) is 3. The van der Waals surface area contributed by atoms with Gasteiger partial charge in [0.15, 0.2) is 11.0 Å². The normalized spacial score (nSPS) is 15.9. The lowest BCUT2D eigenvalue weighted by Crippen LogP contribution is -2.40. The van der Waals surface area contributed by atoms with Crippen LogP contribution in [0.1, 0.15) is 43.6 Å². The molecule has 1 atom stereocenters. The van der Waals surface area contributed by atoms with Gasteiger partial charge < -0.3 is 9.88 Å². The van der Waals surface area contributed by atoms with Crippen LogP contribution in [0.3, 0.4) is 0 Å². The highest BCUT2D eigenvalue weighted by atomic mass is 32.2. The fraction of sp³-hybridized carbons (Fsp3) is 0.579. The Balaban J connectivity index is 1.61. The van der Waals surface area contributed by atoms with Gasteiger partial charge in [-0.3, -0.25) is 10.1 Å².